The molecular formula is C19H23N3O3. The fourth-order valence-corrected chi connectivity index (χ4v) is 2.80. The highest BCUT2D eigenvalue weighted by Crippen LogP contribution is 2.30. The number of hydrogen-bond donors (Lipinski definition) is 2. The number of rotatable bonds is 5. The summed E-state index contributed by atoms with van der Waals surface area (Å²) >= 11 is 0. The number of nitrogens with zero attached hydrogens (tertiary/aromatic N) is 2. The van der Waals surface area contributed by atoms with Gasteiger partial charge in [-0.05, 0) is 24.6 Å². The molecule has 1 atom stereocenters. The number of morpholine rings is 1. The normalized spacial score (nSPS) is 15.7. The molecule has 2 aromatic rings. The number of carbonyl (C=O) groups excluding carboxylic acids is 1. The molecule has 1 fully saturated rings. The lowest BCUT2D eigenvalue weighted by Gasteiger charge is -2.30. The Hall–Kier alpha value is -2.44. The molecule has 0 radical (unpaired) electrons. The zero-order chi connectivity index (χ0) is 17.6. The molecule has 3 rings (SSSR count). The van der Waals surface area contributed by atoms with Crippen LogP contribution in [0.3, 0.4) is 0 Å². The van der Waals surface area contributed by atoms with Crippen LogP contribution in [-0.2, 0) is 16.1 Å². The predicted molar refractivity (Wildman–Crippen MR) is 96.2 cm³/mol. The molecule has 1 saturated heterocycles. The molecule has 6 heteroatoms. The molecule has 2 N–H and O–H groups in total. The van der Waals surface area contributed by atoms with Crippen molar-refractivity contribution in [3.05, 3.63) is 48.2 Å². The van der Waals surface area contributed by atoms with Crippen LogP contribution in [-0.4, -0.2) is 48.4 Å². The van der Waals surface area contributed by atoms with Gasteiger partial charge in [0.1, 0.15) is 6.10 Å². The molecule has 25 heavy (non-hydrogen) atoms. The van der Waals surface area contributed by atoms with Crippen LogP contribution in [0.4, 0.5) is 5.69 Å². The molecule has 1 aliphatic rings. The molecule has 1 aromatic carbocycles. The quantitative estimate of drug-likeness (QED) is 0.864. The van der Waals surface area contributed by atoms with Crippen molar-refractivity contribution in [1.29, 1.82) is 0 Å². The van der Waals surface area contributed by atoms with E-state index in [1.807, 2.05) is 24.3 Å². The maximum Gasteiger partial charge on any atom is 0.248 e. The summed E-state index contributed by atoms with van der Waals surface area (Å²) in [6.07, 6.45) is 0.751. The number of aliphatic hydroxyl groups excluding tert-OH is 1. The summed E-state index contributed by atoms with van der Waals surface area (Å²) in [6, 6.07) is 12.1. The molecule has 132 valence electrons. The summed E-state index contributed by atoms with van der Waals surface area (Å²) in [5.41, 5.74) is 4.03. The van der Waals surface area contributed by atoms with Gasteiger partial charge in [0.2, 0.25) is 5.91 Å². The first-order valence-corrected chi connectivity index (χ1v) is 8.48. The number of amides is 1. The van der Waals surface area contributed by atoms with E-state index in [0.717, 1.165) is 48.8 Å². The largest absolute Gasteiger partial charge is 0.384 e. The lowest BCUT2D eigenvalue weighted by molar-refractivity contribution is -0.128. The van der Waals surface area contributed by atoms with Crippen molar-refractivity contribution in [3.63, 3.8) is 0 Å². The van der Waals surface area contributed by atoms with Crippen molar-refractivity contribution < 1.29 is 14.6 Å². The smallest absolute Gasteiger partial charge is 0.248 e. The number of carbonyl (C=O) groups is 1. The van der Waals surface area contributed by atoms with E-state index in [1.54, 1.807) is 6.20 Å². The second kappa shape index (κ2) is 8.09. The van der Waals surface area contributed by atoms with Crippen molar-refractivity contribution in [2.45, 2.75) is 19.6 Å². The third-order valence-electron chi connectivity index (χ3n) is 4.20. The molecule has 1 aromatic heterocycles. The fraction of sp³-hybridized carbons (Fsp3) is 0.368. The van der Waals surface area contributed by atoms with Gasteiger partial charge in [0, 0.05) is 37.1 Å². The first kappa shape index (κ1) is 17.4. The summed E-state index contributed by atoms with van der Waals surface area (Å²) in [6.45, 7) is 5.02. The van der Waals surface area contributed by atoms with Crippen LogP contribution in [0, 0.1) is 0 Å². The van der Waals surface area contributed by atoms with E-state index in [9.17, 15) is 9.90 Å². The van der Waals surface area contributed by atoms with Crippen molar-refractivity contribution in [3.8, 4) is 11.3 Å². The van der Waals surface area contributed by atoms with Gasteiger partial charge in [0.25, 0.3) is 0 Å². The number of aliphatic hydroxyl groups is 1. The van der Waals surface area contributed by atoms with Gasteiger partial charge in [-0.15, -0.1) is 0 Å². The number of ether oxygens (including phenoxy) is 1. The molecule has 1 aliphatic heterocycles. The standard InChI is InChI=1S/C19H23N3O3/c1-14(23)19(24)21-13-15-6-7-17(20-12-15)16-4-2-3-5-18(16)22-8-10-25-11-9-22/h2-7,12,14,23H,8-11,13H2,1H3,(H,21,24). The maximum atomic E-state index is 11.4. The third-order valence-corrected chi connectivity index (χ3v) is 4.20. The van der Waals surface area contributed by atoms with Gasteiger partial charge in [0.15, 0.2) is 0 Å². The average molecular weight is 341 g/mol. The SMILES string of the molecule is CC(O)C(=O)NCc1ccc(-c2ccccc2N2CCOCC2)nc1. The predicted octanol–water partition coefficient (Wildman–Crippen LogP) is 1.58. The van der Waals surface area contributed by atoms with Gasteiger partial charge in [-0.1, -0.05) is 24.3 Å². The maximum absolute atomic E-state index is 11.4. The van der Waals surface area contributed by atoms with Crippen molar-refractivity contribution in [2.24, 2.45) is 0 Å². The molecule has 6 nitrogen and oxygen atoms in total. The molecule has 0 saturated carbocycles. The van der Waals surface area contributed by atoms with Crippen LogP contribution < -0.4 is 10.2 Å². The lowest BCUT2D eigenvalue weighted by atomic mass is 10.1. The highest BCUT2D eigenvalue weighted by molar-refractivity contribution is 5.80. The summed E-state index contributed by atoms with van der Waals surface area (Å²) < 4.78 is 5.44. The summed E-state index contributed by atoms with van der Waals surface area (Å²) in [4.78, 5) is 18.3. The minimum Gasteiger partial charge on any atom is -0.384 e. The lowest BCUT2D eigenvalue weighted by Crippen LogP contribution is -2.36. The monoisotopic (exact) mass is 341 g/mol. The number of aromatic nitrogens is 1. The van der Waals surface area contributed by atoms with Crippen LogP contribution in [0.1, 0.15) is 12.5 Å². The van der Waals surface area contributed by atoms with Crippen LogP contribution in [0.15, 0.2) is 42.6 Å². The average Bonchev–Trinajstić information content (AvgIpc) is 2.67. The summed E-state index contributed by atoms with van der Waals surface area (Å²) in [5.74, 6) is -0.387. The Morgan fingerprint density at radius 2 is 2.04 bits per heavy atom. The molecule has 2 heterocycles. The summed E-state index contributed by atoms with van der Waals surface area (Å²) in [7, 11) is 0. The molecule has 0 aliphatic carbocycles. The highest BCUT2D eigenvalue weighted by atomic mass is 16.5. The van der Waals surface area contributed by atoms with Crippen molar-refractivity contribution in [1.82, 2.24) is 10.3 Å². The first-order chi connectivity index (χ1) is 12.1. The zero-order valence-corrected chi connectivity index (χ0v) is 14.3. The van der Waals surface area contributed by atoms with E-state index in [-0.39, 0.29) is 5.91 Å². The van der Waals surface area contributed by atoms with Crippen LogP contribution >= 0.6 is 0 Å². The number of anilines is 1. The van der Waals surface area contributed by atoms with E-state index in [4.69, 9.17) is 4.74 Å². The van der Waals surface area contributed by atoms with Crippen LogP contribution in [0.2, 0.25) is 0 Å². The van der Waals surface area contributed by atoms with E-state index >= 15 is 0 Å². The fourth-order valence-electron chi connectivity index (χ4n) is 2.80. The van der Waals surface area contributed by atoms with Gasteiger partial charge in [-0.3, -0.25) is 9.78 Å². The van der Waals surface area contributed by atoms with E-state index in [0.29, 0.717) is 6.54 Å². The Morgan fingerprint density at radius 1 is 1.28 bits per heavy atom. The third kappa shape index (κ3) is 4.35. The van der Waals surface area contributed by atoms with Crippen molar-refractivity contribution >= 4 is 11.6 Å². The number of hydrogen-bond acceptors (Lipinski definition) is 5. The zero-order valence-electron chi connectivity index (χ0n) is 14.3. The Kier molecular flexibility index (Phi) is 5.63. The number of nitrogens with one attached hydrogen (secondary N) is 1. The second-order valence-electron chi connectivity index (χ2n) is 6.06. The van der Waals surface area contributed by atoms with E-state index < -0.39 is 6.10 Å². The Morgan fingerprint density at radius 3 is 2.72 bits per heavy atom. The Bertz CT molecular complexity index is 710. The van der Waals surface area contributed by atoms with E-state index in [2.05, 4.69) is 27.3 Å². The highest BCUT2D eigenvalue weighted by Gasteiger charge is 2.16. The van der Waals surface area contributed by atoms with Gasteiger partial charge in [-0.25, -0.2) is 0 Å². The topological polar surface area (TPSA) is 74.7 Å². The minimum atomic E-state index is -1.01. The second-order valence-corrected chi connectivity index (χ2v) is 6.06. The van der Waals surface area contributed by atoms with Gasteiger partial charge >= 0.3 is 0 Å². The number of benzene rings is 1. The molecule has 1 amide bonds. The number of para-hydroxylation sites is 1. The molecule has 0 bridgehead atoms. The summed E-state index contributed by atoms with van der Waals surface area (Å²) in [5, 5.41) is 11.9. The van der Waals surface area contributed by atoms with Gasteiger partial charge < -0.3 is 20.1 Å². The minimum absolute atomic E-state index is 0.349. The van der Waals surface area contributed by atoms with Gasteiger partial charge in [-0.2, -0.15) is 0 Å². The number of pyridine rings is 1. The Labute approximate surface area is 147 Å². The first-order valence-electron chi connectivity index (χ1n) is 8.48. The van der Waals surface area contributed by atoms with Crippen molar-refractivity contribution in [2.75, 3.05) is 31.2 Å². The van der Waals surface area contributed by atoms with Crippen LogP contribution in [0.5, 0.6) is 0 Å². The van der Waals surface area contributed by atoms with Gasteiger partial charge in [0.05, 0.1) is 18.9 Å². The molecular weight excluding hydrogens is 318 g/mol. The van der Waals surface area contributed by atoms with E-state index in [1.165, 1.54) is 6.92 Å². The Balaban J connectivity index is 1.75. The molecule has 1 unspecified atom stereocenters. The van der Waals surface area contributed by atoms with Crippen LogP contribution in [0.25, 0.3) is 11.3 Å². The molecule has 0 spiro atoms.